The smallest absolute Gasteiger partial charge is 0.231 e. The summed E-state index contributed by atoms with van der Waals surface area (Å²) in [6.45, 7) is 10.2. The summed E-state index contributed by atoms with van der Waals surface area (Å²) in [5.41, 5.74) is 5.33. The van der Waals surface area contributed by atoms with Gasteiger partial charge in [-0.05, 0) is 37.6 Å². The zero-order valence-corrected chi connectivity index (χ0v) is 12.8. The minimum absolute atomic E-state index is 0.210. The van der Waals surface area contributed by atoms with E-state index in [1.54, 1.807) is 0 Å². The molecule has 0 aromatic carbocycles. The highest BCUT2D eigenvalue weighted by Crippen LogP contribution is 2.21. The maximum absolute atomic E-state index is 11.1. The van der Waals surface area contributed by atoms with Gasteiger partial charge in [0.25, 0.3) is 0 Å². The summed E-state index contributed by atoms with van der Waals surface area (Å²) in [4.78, 5) is 13.3. The number of hydrogen-bond donors (Lipinski definition) is 2. The number of carbonyl (C=O) groups is 1. The number of piperidine rings is 1. The number of primary amides is 1. The highest BCUT2D eigenvalue weighted by atomic mass is 16.1. The van der Waals surface area contributed by atoms with Crippen LogP contribution in [-0.4, -0.2) is 43.0 Å². The van der Waals surface area contributed by atoms with Crippen molar-refractivity contribution in [1.82, 2.24) is 10.2 Å². The van der Waals surface area contributed by atoms with Crippen LogP contribution in [0.4, 0.5) is 0 Å². The molecule has 0 aromatic rings. The van der Waals surface area contributed by atoms with Crippen molar-refractivity contribution in [2.24, 2.45) is 17.6 Å². The van der Waals surface area contributed by atoms with Gasteiger partial charge >= 0.3 is 0 Å². The summed E-state index contributed by atoms with van der Waals surface area (Å²) in [6, 6.07) is 0.517. The Morgan fingerprint density at radius 1 is 1.42 bits per heavy atom. The average Bonchev–Trinajstić information content (AvgIpc) is 2.27. The predicted molar refractivity (Wildman–Crippen MR) is 79.9 cm³/mol. The van der Waals surface area contributed by atoms with Gasteiger partial charge in [-0.1, -0.05) is 27.2 Å². The molecule has 0 spiro atoms. The summed E-state index contributed by atoms with van der Waals surface area (Å²) >= 11 is 0. The number of carbonyl (C=O) groups excluding carboxylic acids is 1. The molecule has 4 nitrogen and oxygen atoms in total. The van der Waals surface area contributed by atoms with Crippen LogP contribution in [0.3, 0.4) is 0 Å². The number of nitrogens with two attached hydrogens (primary N) is 1. The minimum atomic E-state index is -0.210. The first-order valence-corrected chi connectivity index (χ1v) is 7.75. The topological polar surface area (TPSA) is 58.4 Å². The van der Waals surface area contributed by atoms with Crippen LogP contribution in [0, 0.1) is 11.8 Å². The number of nitrogens with one attached hydrogen (secondary N) is 1. The van der Waals surface area contributed by atoms with E-state index in [4.69, 9.17) is 5.73 Å². The van der Waals surface area contributed by atoms with Crippen LogP contribution in [-0.2, 0) is 4.79 Å². The predicted octanol–water partition coefficient (Wildman–Crippen LogP) is 1.60. The van der Waals surface area contributed by atoms with E-state index in [1.807, 2.05) is 0 Å². The van der Waals surface area contributed by atoms with Crippen LogP contribution in [0.15, 0.2) is 0 Å². The molecule has 0 aliphatic carbocycles. The Hall–Kier alpha value is -0.610. The summed E-state index contributed by atoms with van der Waals surface area (Å²) < 4.78 is 0. The Morgan fingerprint density at radius 3 is 2.74 bits per heavy atom. The van der Waals surface area contributed by atoms with E-state index in [0.29, 0.717) is 18.5 Å². The lowest BCUT2D eigenvalue weighted by Crippen LogP contribution is -2.51. The molecule has 0 saturated carbocycles. The van der Waals surface area contributed by atoms with Crippen molar-refractivity contribution in [3.05, 3.63) is 0 Å². The van der Waals surface area contributed by atoms with Crippen molar-refractivity contribution in [1.29, 1.82) is 0 Å². The van der Waals surface area contributed by atoms with Gasteiger partial charge in [-0.2, -0.15) is 0 Å². The lowest BCUT2D eigenvalue weighted by molar-refractivity contribution is -0.119. The van der Waals surface area contributed by atoms with Crippen molar-refractivity contribution in [3.8, 4) is 0 Å². The Balaban J connectivity index is 2.42. The molecule has 2 atom stereocenters. The number of rotatable bonds is 8. The van der Waals surface area contributed by atoms with Gasteiger partial charge in [0.15, 0.2) is 0 Å². The van der Waals surface area contributed by atoms with Crippen molar-refractivity contribution in [2.75, 3.05) is 26.2 Å². The highest BCUT2D eigenvalue weighted by molar-refractivity contribution is 5.75. The number of nitrogens with zero attached hydrogens (tertiary/aromatic N) is 1. The molecule has 4 heteroatoms. The first-order chi connectivity index (χ1) is 9.01. The quantitative estimate of drug-likeness (QED) is 0.703. The lowest BCUT2D eigenvalue weighted by Gasteiger charge is -2.37. The van der Waals surface area contributed by atoms with E-state index in [2.05, 4.69) is 31.0 Å². The fourth-order valence-corrected chi connectivity index (χ4v) is 2.99. The molecule has 1 aliphatic rings. The Labute approximate surface area is 118 Å². The van der Waals surface area contributed by atoms with Gasteiger partial charge in [-0.15, -0.1) is 0 Å². The maximum atomic E-state index is 11.1. The van der Waals surface area contributed by atoms with Gasteiger partial charge in [0, 0.05) is 19.1 Å². The SMILES string of the molecule is CCCC1CC(NCCC(C)C)CN(CC(N)=O)C1. The Bertz CT molecular complexity index is 268. The summed E-state index contributed by atoms with van der Waals surface area (Å²) in [6.07, 6.45) is 4.91. The molecule has 0 radical (unpaired) electrons. The second-order valence-electron chi connectivity index (χ2n) is 6.38. The van der Waals surface area contributed by atoms with Gasteiger partial charge in [0.05, 0.1) is 6.54 Å². The molecule has 1 saturated heterocycles. The van der Waals surface area contributed by atoms with Crippen LogP contribution in [0.1, 0.15) is 46.5 Å². The molecule has 1 aliphatic heterocycles. The van der Waals surface area contributed by atoms with E-state index < -0.39 is 0 Å². The monoisotopic (exact) mass is 269 g/mol. The number of hydrogen-bond acceptors (Lipinski definition) is 3. The largest absolute Gasteiger partial charge is 0.369 e. The van der Waals surface area contributed by atoms with E-state index >= 15 is 0 Å². The van der Waals surface area contributed by atoms with Crippen LogP contribution < -0.4 is 11.1 Å². The van der Waals surface area contributed by atoms with Crippen molar-refractivity contribution in [3.63, 3.8) is 0 Å². The first kappa shape index (κ1) is 16.4. The third-order valence-electron chi connectivity index (χ3n) is 3.84. The van der Waals surface area contributed by atoms with Crippen LogP contribution in [0.5, 0.6) is 0 Å². The molecule has 0 aromatic heterocycles. The molecule has 112 valence electrons. The average molecular weight is 269 g/mol. The second-order valence-corrected chi connectivity index (χ2v) is 6.38. The summed E-state index contributed by atoms with van der Waals surface area (Å²) in [7, 11) is 0. The number of amides is 1. The Morgan fingerprint density at radius 2 is 2.16 bits per heavy atom. The molecule has 1 amide bonds. The molecular weight excluding hydrogens is 238 g/mol. The number of likely N-dealkylation sites (tertiary alicyclic amines) is 1. The normalized spacial score (nSPS) is 24.8. The molecule has 1 heterocycles. The summed E-state index contributed by atoms with van der Waals surface area (Å²) in [5.74, 6) is 1.23. The standard InChI is InChI=1S/C15H31N3O/c1-4-5-13-8-14(17-7-6-12(2)3)10-18(9-13)11-15(16)19/h12-14,17H,4-11H2,1-3H3,(H2,16,19). The molecule has 3 N–H and O–H groups in total. The molecule has 1 rings (SSSR count). The fourth-order valence-electron chi connectivity index (χ4n) is 2.99. The van der Waals surface area contributed by atoms with Crippen LogP contribution in [0.25, 0.3) is 0 Å². The van der Waals surface area contributed by atoms with Crippen LogP contribution in [0.2, 0.25) is 0 Å². The second kappa shape index (κ2) is 8.54. The lowest BCUT2D eigenvalue weighted by atomic mass is 9.90. The van der Waals surface area contributed by atoms with Gasteiger partial charge in [0.1, 0.15) is 0 Å². The Kier molecular flexibility index (Phi) is 7.39. The van der Waals surface area contributed by atoms with Gasteiger partial charge in [-0.3, -0.25) is 9.69 Å². The minimum Gasteiger partial charge on any atom is -0.369 e. The van der Waals surface area contributed by atoms with Crippen molar-refractivity contribution in [2.45, 2.75) is 52.5 Å². The summed E-state index contributed by atoms with van der Waals surface area (Å²) in [5, 5.41) is 3.65. The van der Waals surface area contributed by atoms with E-state index in [1.165, 1.54) is 25.7 Å². The van der Waals surface area contributed by atoms with Crippen molar-refractivity contribution >= 4 is 5.91 Å². The van der Waals surface area contributed by atoms with Crippen LogP contribution >= 0.6 is 0 Å². The zero-order valence-electron chi connectivity index (χ0n) is 12.8. The third kappa shape index (κ3) is 6.92. The molecular formula is C15H31N3O. The molecule has 0 bridgehead atoms. The zero-order chi connectivity index (χ0) is 14.3. The van der Waals surface area contributed by atoms with Gasteiger partial charge < -0.3 is 11.1 Å². The highest BCUT2D eigenvalue weighted by Gasteiger charge is 2.26. The van der Waals surface area contributed by atoms with Gasteiger partial charge in [-0.25, -0.2) is 0 Å². The molecule has 19 heavy (non-hydrogen) atoms. The maximum Gasteiger partial charge on any atom is 0.231 e. The van der Waals surface area contributed by atoms with Crippen molar-refractivity contribution < 1.29 is 4.79 Å². The van der Waals surface area contributed by atoms with E-state index in [0.717, 1.165) is 25.6 Å². The van der Waals surface area contributed by atoms with E-state index in [9.17, 15) is 4.79 Å². The fraction of sp³-hybridized carbons (Fsp3) is 0.933. The van der Waals surface area contributed by atoms with E-state index in [-0.39, 0.29) is 5.91 Å². The molecule has 1 fully saturated rings. The first-order valence-electron chi connectivity index (χ1n) is 7.75. The third-order valence-corrected chi connectivity index (χ3v) is 3.84. The molecule has 2 unspecified atom stereocenters. The van der Waals surface area contributed by atoms with Gasteiger partial charge in [0.2, 0.25) is 5.91 Å².